The zero-order valence-electron chi connectivity index (χ0n) is 9.58. The third-order valence-electron chi connectivity index (χ3n) is 2.62. The van der Waals surface area contributed by atoms with Gasteiger partial charge in [-0.3, -0.25) is 4.79 Å². The molecule has 1 heterocycles. The highest BCUT2D eigenvalue weighted by Crippen LogP contribution is 2.37. The van der Waals surface area contributed by atoms with Crippen LogP contribution in [0.3, 0.4) is 0 Å². The van der Waals surface area contributed by atoms with Crippen LogP contribution in [0.2, 0.25) is 0 Å². The molecule has 86 valence electrons. The molecule has 1 aliphatic heterocycles. The van der Waals surface area contributed by atoms with Crippen molar-refractivity contribution in [3.05, 3.63) is 22.7 Å². The van der Waals surface area contributed by atoms with Gasteiger partial charge in [0.1, 0.15) is 11.4 Å². The summed E-state index contributed by atoms with van der Waals surface area (Å²) in [6, 6.07) is 5.70. The molecule has 3 nitrogen and oxygen atoms in total. The third-order valence-corrected chi connectivity index (χ3v) is 3.11. The Bertz CT molecular complexity index is 443. The number of benzene rings is 1. The van der Waals surface area contributed by atoms with Gasteiger partial charge in [0.2, 0.25) is 5.91 Å². The summed E-state index contributed by atoms with van der Waals surface area (Å²) in [5, 5.41) is 0. The maximum Gasteiger partial charge on any atom is 0.230 e. The van der Waals surface area contributed by atoms with E-state index in [2.05, 4.69) is 15.9 Å². The number of carbonyl (C=O) groups excluding carboxylic acids is 1. The molecule has 2 rings (SSSR count). The van der Waals surface area contributed by atoms with E-state index in [0.29, 0.717) is 6.42 Å². The standard InChI is InChI=1S/C12H14BrNO2/c1-12(2)7-11(15)14(3)9-6-8(13)4-5-10(9)16-12/h4-6H,7H2,1-3H3. The van der Waals surface area contributed by atoms with Crippen molar-refractivity contribution >= 4 is 27.5 Å². The van der Waals surface area contributed by atoms with Crippen molar-refractivity contribution < 1.29 is 9.53 Å². The van der Waals surface area contributed by atoms with E-state index in [0.717, 1.165) is 15.9 Å². The van der Waals surface area contributed by atoms with Crippen molar-refractivity contribution in [3.8, 4) is 5.75 Å². The van der Waals surface area contributed by atoms with Crippen molar-refractivity contribution in [1.82, 2.24) is 0 Å². The molecule has 16 heavy (non-hydrogen) atoms. The van der Waals surface area contributed by atoms with Crippen LogP contribution < -0.4 is 9.64 Å². The second-order valence-electron chi connectivity index (χ2n) is 4.60. The van der Waals surface area contributed by atoms with Crippen LogP contribution in [0.5, 0.6) is 5.75 Å². The molecule has 0 fully saturated rings. The van der Waals surface area contributed by atoms with Crippen molar-refractivity contribution in [2.45, 2.75) is 25.9 Å². The first-order valence-electron chi connectivity index (χ1n) is 5.14. The molecule has 0 atom stereocenters. The second kappa shape index (κ2) is 3.77. The molecule has 0 radical (unpaired) electrons. The Morgan fingerprint density at radius 3 is 2.81 bits per heavy atom. The third kappa shape index (κ3) is 2.07. The van der Waals surface area contributed by atoms with E-state index in [1.54, 1.807) is 11.9 Å². The molecule has 0 N–H and O–H groups in total. The quantitative estimate of drug-likeness (QED) is 0.733. The molecule has 1 amide bonds. The van der Waals surface area contributed by atoms with Crippen molar-refractivity contribution in [1.29, 1.82) is 0 Å². The van der Waals surface area contributed by atoms with Gasteiger partial charge in [-0.05, 0) is 32.0 Å². The first-order valence-corrected chi connectivity index (χ1v) is 5.93. The van der Waals surface area contributed by atoms with Crippen LogP contribution in [0.4, 0.5) is 5.69 Å². The number of fused-ring (bicyclic) bond motifs is 1. The SMILES string of the molecule is CN1C(=O)CC(C)(C)Oc2ccc(Br)cc21. The van der Waals surface area contributed by atoms with Gasteiger partial charge in [0.25, 0.3) is 0 Å². The molecular formula is C12H14BrNO2. The van der Waals surface area contributed by atoms with Gasteiger partial charge in [-0.2, -0.15) is 0 Å². The average molecular weight is 284 g/mol. The smallest absolute Gasteiger partial charge is 0.230 e. The first kappa shape index (κ1) is 11.5. The molecule has 0 aliphatic carbocycles. The summed E-state index contributed by atoms with van der Waals surface area (Å²) in [5.41, 5.74) is 0.356. The number of halogens is 1. The van der Waals surface area contributed by atoms with E-state index in [1.165, 1.54) is 0 Å². The monoisotopic (exact) mass is 283 g/mol. The Balaban J connectivity index is 2.54. The van der Waals surface area contributed by atoms with Gasteiger partial charge in [-0.25, -0.2) is 0 Å². The highest BCUT2D eigenvalue weighted by molar-refractivity contribution is 9.10. The summed E-state index contributed by atoms with van der Waals surface area (Å²) in [6.07, 6.45) is 0.385. The number of hydrogen-bond donors (Lipinski definition) is 0. The fourth-order valence-corrected chi connectivity index (χ4v) is 2.14. The molecule has 1 aromatic rings. The lowest BCUT2D eigenvalue weighted by atomic mass is 10.1. The molecule has 0 spiro atoms. The molecule has 4 heteroatoms. The Morgan fingerprint density at radius 1 is 1.44 bits per heavy atom. The summed E-state index contributed by atoms with van der Waals surface area (Å²) in [5.74, 6) is 0.823. The number of hydrogen-bond acceptors (Lipinski definition) is 2. The Morgan fingerprint density at radius 2 is 2.12 bits per heavy atom. The Hall–Kier alpha value is -1.03. The maximum absolute atomic E-state index is 11.9. The molecule has 1 aromatic carbocycles. The van der Waals surface area contributed by atoms with Crippen LogP contribution in [0.25, 0.3) is 0 Å². The van der Waals surface area contributed by atoms with Gasteiger partial charge in [-0.1, -0.05) is 15.9 Å². The molecule has 0 saturated heterocycles. The van der Waals surface area contributed by atoms with E-state index in [4.69, 9.17) is 4.74 Å². The minimum absolute atomic E-state index is 0.0712. The van der Waals surface area contributed by atoms with Gasteiger partial charge in [-0.15, -0.1) is 0 Å². The average Bonchev–Trinajstić information content (AvgIpc) is 2.25. The van der Waals surface area contributed by atoms with E-state index < -0.39 is 5.60 Å². The zero-order valence-corrected chi connectivity index (χ0v) is 11.2. The van der Waals surface area contributed by atoms with Crippen molar-refractivity contribution in [2.75, 3.05) is 11.9 Å². The predicted molar refractivity (Wildman–Crippen MR) is 66.9 cm³/mol. The number of ether oxygens (including phenoxy) is 1. The predicted octanol–water partition coefficient (Wildman–Crippen LogP) is 2.97. The molecular weight excluding hydrogens is 270 g/mol. The Kier molecular flexibility index (Phi) is 2.70. The minimum Gasteiger partial charge on any atom is -0.485 e. The van der Waals surface area contributed by atoms with Crippen molar-refractivity contribution in [3.63, 3.8) is 0 Å². The lowest BCUT2D eigenvalue weighted by molar-refractivity contribution is -0.120. The van der Waals surface area contributed by atoms with Gasteiger partial charge >= 0.3 is 0 Å². The van der Waals surface area contributed by atoms with E-state index >= 15 is 0 Å². The molecule has 0 bridgehead atoms. The topological polar surface area (TPSA) is 29.5 Å². The van der Waals surface area contributed by atoms with Crippen LogP contribution in [0.1, 0.15) is 20.3 Å². The number of carbonyl (C=O) groups is 1. The van der Waals surface area contributed by atoms with Crippen LogP contribution in [-0.4, -0.2) is 18.6 Å². The number of nitrogens with zero attached hydrogens (tertiary/aromatic N) is 1. The summed E-state index contributed by atoms with van der Waals surface area (Å²) in [7, 11) is 1.78. The first-order chi connectivity index (χ1) is 7.39. The summed E-state index contributed by atoms with van der Waals surface area (Å²) in [6.45, 7) is 3.85. The molecule has 0 unspecified atom stereocenters. The van der Waals surface area contributed by atoms with E-state index in [1.807, 2.05) is 32.0 Å². The zero-order chi connectivity index (χ0) is 11.9. The van der Waals surface area contributed by atoms with E-state index in [9.17, 15) is 4.79 Å². The van der Waals surface area contributed by atoms with Crippen LogP contribution >= 0.6 is 15.9 Å². The van der Waals surface area contributed by atoms with Crippen molar-refractivity contribution in [2.24, 2.45) is 0 Å². The number of rotatable bonds is 0. The highest BCUT2D eigenvalue weighted by atomic mass is 79.9. The summed E-state index contributed by atoms with van der Waals surface area (Å²) >= 11 is 3.40. The van der Waals surface area contributed by atoms with Crippen LogP contribution in [0, 0.1) is 0 Å². The van der Waals surface area contributed by atoms with Gasteiger partial charge in [0.05, 0.1) is 12.1 Å². The summed E-state index contributed by atoms with van der Waals surface area (Å²) < 4.78 is 6.80. The minimum atomic E-state index is -0.454. The van der Waals surface area contributed by atoms with E-state index in [-0.39, 0.29) is 5.91 Å². The molecule has 0 aromatic heterocycles. The molecule has 0 saturated carbocycles. The lowest BCUT2D eigenvalue weighted by Gasteiger charge is -2.23. The lowest BCUT2D eigenvalue weighted by Crippen LogP contribution is -2.34. The Labute approximate surface area is 104 Å². The largest absolute Gasteiger partial charge is 0.485 e. The number of amides is 1. The fraction of sp³-hybridized carbons (Fsp3) is 0.417. The van der Waals surface area contributed by atoms with Crippen LogP contribution in [0.15, 0.2) is 22.7 Å². The van der Waals surface area contributed by atoms with Gasteiger partial charge < -0.3 is 9.64 Å². The highest BCUT2D eigenvalue weighted by Gasteiger charge is 2.32. The van der Waals surface area contributed by atoms with Crippen LogP contribution in [-0.2, 0) is 4.79 Å². The number of anilines is 1. The fourth-order valence-electron chi connectivity index (χ4n) is 1.79. The maximum atomic E-state index is 11.9. The van der Waals surface area contributed by atoms with Gasteiger partial charge in [0.15, 0.2) is 0 Å². The second-order valence-corrected chi connectivity index (χ2v) is 5.52. The van der Waals surface area contributed by atoms with Gasteiger partial charge in [0, 0.05) is 11.5 Å². The molecule has 1 aliphatic rings. The normalized spacial score (nSPS) is 18.8. The summed E-state index contributed by atoms with van der Waals surface area (Å²) in [4.78, 5) is 13.6.